The first-order chi connectivity index (χ1) is 4.00. The van der Waals surface area contributed by atoms with Crippen molar-refractivity contribution in [1.82, 2.24) is 17.6 Å². The van der Waals surface area contributed by atoms with E-state index < -0.39 is 0 Å². The molecule has 3 nitrogen and oxygen atoms in total. The topological polar surface area (TPSA) is 82.0 Å². The second kappa shape index (κ2) is 15.8. The van der Waals surface area contributed by atoms with Crippen molar-refractivity contribution in [3.8, 4) is 0 Å². The van der Waals surface area contributed by atoms with Gasteiger partial charge in [-0.3, -0.25) is 0 Å². The zero-order chi connectivity index (χ0) is 6.24. The molecule has 0 unspecified atom stereocenters. The van der Waals surface area contributed by atoms with Gasteiger partial charge >= 0.3 is 0 Å². The van der Waals surface area contributed by atoms with Crippen molar-refractivity contribution in [2.45, 2.75) is 19.3 Å². The lowest BCUT2D eigenvalue weighted by atomic mass is 10.2. The number of piperidine rings is 1. The molecule has 0 atom stereocenters. The van der Waals surface area contributed by atoms with Crippen LogP contribution in [-0.4, -0.2) is 13.1 Å². The largest absolute Gasteiger partial charge is 0.344 e. The normalized spacial score (nSPS) is 14.8. The van der Waals surface area contributed by atoms with E-state index in [0.29, 0.717) is 0 Å². The molecule has 0 aromatic carbocycles. The van der Waals surface area contributed by atoms with E-state index in [1.54, 1.807) is 0 Å². The fraction of sp³-hybridized carbons (Fsp3) is 0.714. The van der Waals surface area contributed by atoms with E-state index in [9.17, 15) is 0 Å². The second-order valence-corrected chi connectivity index (χ2v) is 1.81. The van der Waals surface area contributed by atoms with Gasteiger partial charge in [0.25, 0.3) is 0 Å². The van der Waals surface area contributed by atoms with Crippen LogP contribution >= 0.6 is 0 Å². The summed E-state index contributed by atoms with van der Waals surface area (Å²) in [6.45, 7) is 8.50. The number of rotatable bonds is 0. The van der Waals surface area contributed by atoms with Crippen molar-refractivity contribution in [2.24, 2.45) is 0 Å². The molecule has 0 spiro atoms. The Kier molecular flexibility index (Phi) is 25.8. The molecule has 1 heterocycles. The maximum Gasteiger partial charge on any atom is -0.00489 e. The summed E-state index contributed by atoms with van der Waals surface area (Å²) < 4.78 is 0. The van der Waals surface area contributed by atoms with E-state index in [0.717, 1.165) is 0 Å². The van der Waals surface area contributed by atoms with Crippen LogP contribution in [-0.2, 0) is 0 Å². The number of nitrogens with one attached hydrogen (secondary N) is 1. The predicted molar refractivity (Wildman–Crippen MR) is 48.0 cm³/mol. The summed E-state index contributed by atoms with van der Waals surface area (Å²) in [7, 11) is 0. The van der Waals surface area contributed by atoms with Gasteiger partial charge in [-0.15, -0.1) is 13.2 Å². The van der Waals surface area contributed by atoms with E-state index in [-0.39, 0.29) is 12.3 Å². The molecule has 64 valence electrons. The predicted octanol–water partition coefficient (Wildman–Crippen LogP) is 1.89. The molecule has 0 aliphatic carbocycles. The quantitative estimate of drug-likeness (QED) is 0.457. The molecule has 10 heavy (non-hydrogen) atoms. The van der Waals surface area contributed by atoms with Crippen LogP contribution in [0.3, 0.4) is 0 Å². The Morgan fingerprint density at radius 1 is 0.800 bits per heavy atom. The van der Waals surface area contributed by atoms with Crippen molar-refractivity contribution in [3.63, 3.8) is 0 Å². The first-order valence-corrected chi connectivity index (χ1v) is 3.21. The third kappa shape index (κ3) is 10.6. The molecule has 0 bridgehead atoms. The second-order valence-electron chi connectivity index (χ2n) is 1.81. The highest BCUT2D eigenvalue weighted by atomic mass is 14.9. The van der Waals surface area contributed by atoms with Crippen LogP contribution in [0.1, 0.15) is 19.3 Å². The maximum atomic E-state index is 3.28. The summed E-state index contributed by atoms with van der Waals surface area (Å²) in [6, 6.07) is 0. The van der Waals surface area contributed by atoms with E-state index in [2.05, 4.69) is 18.5 Å². The minimum Gasteiger partial charge on any atom is -0.344 e. The summed E-state index contributed by atoms with van der Waals surface area (Å²) in [6.07, 6.45) is 4.22. The van der Waals surface area contributed by atoms with Gasteiger partial charge < -0.3 is 17.6 Å². The Morgan fingerprint density at radius 2 is 1.20 bits per heavy atom. The zero-order valence-electron chi connectivity index (χ0n) is 6.86. The summed E-state index contributed by atoms with van der Waals surface area (Å²) in [5.41, 5.74) is 0. The Balaban J connectivity index is -0.000000114. The van der Waals surface area contributed by atoms with Crippen LogP contribution in [0, 0.1) is 0 Å². The molecule has 1 rings (SSSR count). The highest BCUT2D eigenvalue weighted by molar-refractivity contribution is 4.55. The van der Waals surface area contributed by atoms with Gasteiger partial charge in [0.05, 0.1) is 0 Å². The molecule has 1 aliphatic heterocycles. The molecule has 1 saturated heterocycles. The molecule has 0 radical (unpaired) electrons. The highest BCUT2D eigenvalue weighted by Gasteiger charge is 1.93. The number of hydrogen-bond donors (Lipinski definition) is 3. The zero-order valence-corrected chi connectivity index (χ0v) is 6.86. The molecule has 1 fully saturated rings. The molecule has 0 amide bonds. The van der Waals surface area contributed by atoms with E-state index in [1.807, 2.05) is 0 Å². The lowest BCUT2D eigenvalue weighted by molar-refractivity contribution is 0.520. The van der Waals surface area contributed by atoms with Gasteiger partial charge in [0.2, 0.25) is 0 Å². The summed E-state index contributed by atoms with van der Waals surface area (Å²) in [5, 5.41) is 3.28. The molecule has 7 N–H and O–H groups in total. The molecule has 3 heteroatoms. The van der Waals surface area contributed by atoms with Crippen molar-refractivity contribution in [2.75, 3.05) is 13.1 Å². The molecule has 0 aromatic rings. The molecule has 1 aliphatic rings. The standard InChI is InChI=1S/C5H11N.C2H4.2H3N/c1-2-4-6-5-3-1;1-2;;/h6H,1-5H2;1-2H2;2*1H3. The Hall–Kier alpha value is -0.380. The minimum absolute atomic E-state index is 0. The SMILES string of the molecule is C1CCNCC1.C=C.N.N. The van der Waals surface area contributed by atoms with Gasteiger partial charge in [-0.05, 0) is 25.9 Å². The summed E-state index contributed by atoms with van der Waals surface area (Å²) >= 11 is 0. The third-order valence-corrected chi connectivity index (χ3v) is 1.21. The van der Waals surface area contributed by atoms with Crippen LogP contribution in [0.4, 0.5) is 0 Å². The smallest absolute Gasteiger partial charge is 0.00489 e. The van der Waals surface area contributed by atoms with Crippen LogP contribution < -0.4 is 17.6 Å². The lowest BCUT2D eigenvalue weighted by Crippen LogP contribution is -2.21. The van der Waals surface area contributed by atoms with Crippen molar-refractivity contribution in [1.29, 1.82) is 0 Å². The van der Waals surface area contributed by atoms with Crippen LogP contribution in [0.25, 0.3) is 0 Å². The van der Waals surface area contributed by atoms with Gasteiger partial charge in [-0.2, -0.15) is 0 Å². The van der Waals surface area contributed by atoms with E-state index in [1.165, 1.54) is 32.4 Å². The summed E-state index contributed by atoms with van der Waals surface area (Å²) in [5.74, 6) is 0. The van der Waals surface area contributed by atoms with Crippen molar-refractivity contribution >= 4 is 0 Å². The van der Waals surface area contributed by atoms with Crippen LogP contribution in [0.15, 0.2) is 13.2 Å². The maximum absolute atomic E-state index is 3.28. The van der Waals surface area contributed by atoms with Crippen molar-refractivity contribution in [3.05, 3.63) is 13.2 Å². The monoisotopic (exact) mass is 147 g/mol. The highest BCUT2D eigenvalue weighted by Crippen LogP contribution is 1.96. The molecule has 0 saturated carbocycles. The van der Waals surface area contributed by atoms with Gasteiger partial charge in [-0.1, -0.05) is 6.42 Å². The van der Waals surface area contributed by atoms with Gasteiger partial charge in [-0.25, -0.2) is 0 Å². The third-order valence-electron chi connectivity index (χ3n) is 1.21. The number of hydrogen-bond acceptors (Lipinski definition) is 3. The van der Waals surface area contributed by atoms with Crippen molar-refractivity contribution < 1.29 is 0 Å². The molecular weight excluding hydrogens is 126 g/mol. The first-order valence-electron chi connectivity index (χ1n) is 3.21. The fourth-order valence-corrected chi connectivity index (χ4v) is 0.802. The Labute approximate surface area is 64.1 Å². The summed E-state index contributed by atoms with van der Waals surface area (Å²) in [4.78, 5) is 0. The fourth-order valence-electron chi connectivity index (χ4n) is 0.802. The van der Waals surface area contributed by atoms with Crippen LogP contribution in [0.5, 0.6) is 0 Å². The first kappa shape index (κ1) is 16.3. The lowest BCUT2D eigenvalue weighted by Gasteiger charge is -2.08. The Morgan fingerprint density at radius 3 is 1.30 bits per heavy atom. The molecule has 0 aromatic heterocycles. The average molecular weight is 147 g/mol. The van der Waals surface area contributed by atoms with E-state index >= 15 is 0 Å². The average Bonchev–Trinajstić information content (AvgIpc) is 1.96. The van der Waals surface area contributed by atoms with Gasteiger partial charge in [0.1, 0.15) is 0 Å². The van der Waals surface area contributed by atoms with Crippen LogP contribution in [0.2, 0.25) is 0 Å². The van der Waals surface area contributed by atoms with Gasteiger partial charge in [0.15, 0.2) is 0 Å². The van der Waals surface area contributed by atoms with E-state index in [4.69, 9.17) is 0 Å². The van der Waals surface area contributed by atoms with Gasteiger partial charge in [0, 0.05) is 0 Å². The molecular formula is C7H21N3. The Bertz CT molecular complexity index is 32.6. The minimum atomic E-state index is 0.